The number of amides is 1. The molecule has 4 nitrogen and oxygen atoms in total. The summed E-state index contributed by atoms with van der Waals surface area (Å²) in [5.74, 6) is -0.137. The van der Waals surface area contributed by atoms with E-state index in [0.717, 1.165) is 20.8 Å². The van der Waals surface area contributed by atoms with Crippen molar-refractivity contribution in [3.8, 4) is 9.88 Å². The number of rotatable bonds is 5. The first-order valence-electron chi connectivity index (χ1n) is 5.39. The molecule has 0 aliphatic rings. The van der Waals surface area contributed by atoms with Gasteiger partial charge in [0.25, 0.3) is 5.91 Å². The van der Waals surface area contributed by atoms with Gasteiger partial charge in [0.05, 0.1) is 4.88 Å². The van der Waals surface area contributed by atoms with E-state index in [1.165, 1.54) is 11.3 Å². The van der Waals surface area contributed by atoms with Gasteiger partial charge in [0.1, 0.15) is 10.7 Å². The molecule has 0 saturated carbocycles. The van der Waals surface area contributed by atoms with Crippen molar-refractivity contribution in [2.75, 3.05) is 13.1 Å². The van der Waals surface area contributed by atoms with Crippen molar-refractivity contribution in [3.63, 3.8) is 0 Å². The van der Waals surface area contributed by atoms with Crippen molar-refractivity contribution in [1.82, 2.24) is 10.3 Å². The van der Waals surface area contributed by atoms with Crippen LogP contribution in [-0.4, -0.2) is 24.0 Å². The van der Waals surface area contributed by atoms with Crippen molar-refractivity contribution in [3.05, 3.63) is 27.0 Å². The standard InChI is InChI=1S/C11H12BrN3OS2.2ClH/c12-7-4-9(17-5-7)11-15-8(6-18-11)10(16)14-3-1-2-13;;/h4-6H,1-3,13H2,(H,14,16);2*1H. The van der Waals surface area contributed by atoms with Gasteiger partial charge in [-0.05, 0) is 35.0 Å². The van der Waals surface area contributed by atoms with Gasteiger partial charge in [0.15, 0.2) is 0 Å². The minimum absolute atomic E-state index is 0. The van der Waals surface area contributed by atoms with E-state index in [0.29, 0.717) is 18.8 Å². The van der Waals surface area contributed by atoms with E-state index in [1.54, 1.807) is 16.7 Å². The number of hydrogen-bond acceptors (Lipinski definition) is 5. The van der Waals surface area contributed by atoms with E-state index in [-0.39, 0.29) is 30.7 Å². The third-order valence-electron chi connectivity index (χ3n) is 2.18. The van der Waals surface area contributed by atoms with Gasteiger partial charge >= 0.3 is 0 Å². The first kappa shape index (κ1) is 19.8. The summed E-state index contributed by atoms with van der Waals surface area (Å²) in [5, 5.41) is 7.44. The van der Waals surface area contributed by atoms with Gasteiger partial charge < -0.3 is 11.1 Å². The molecule has 0 saturated heterocycles. The Morgan fingerprint density at radius 2 is 2.10 bits per heavy atom. The Labute approximate surface area is 146 Å². The van der Waals surface area contributed by atoms with Crippen molar-refractivity contribution >= 4 is 69.3 Å². The fourth-order valence-corrected chi connectivity index (χ4v) is 3.62. The number of carbonyl (C=O) groups is 1. The molecule has 0 aliphatic carbocycles. The van der Waals surface area contributed by atoms with Gasteiger partial charge in [-0.15, -0.1) is 47.5 Å². The zero-order valence-electron chi connectivity index (χ0n) is 10.3. The lowest BCUT2D eigenvalue weighted by molar-refractivity contribution is 0.0949. The molecule has 2 aromatic rings. The number of nitrogens with two attached hydrogens (primary N) is 1. The lowest BCUT2D eigenvalue weighted by atomic mass is 10.4. The van der Waals surface area contributed by atoms with E-state index in [4.69, 9.17) is 5.73 Å². The summed E-state index contributed by atoms with van der Waals surface area (Å²) < 4.78 is 1.03. The van der Waals surface area contributed by atoms with Crippen molar-refractivity contribution < 1.29 is 4.79 Å². The summed E-state index contributed by atoms with van der Waals surface area (Å²) in [5.41, 5.74) is 5.84. The number of aromatic nitrogens is 1. The minimum Gasteiger partial charge on any atom is -0.351 e. The molecule has 1 amide bonds. The number of thiophene rings is 1. The second-order valence-corrected chi connectivity index (χ2v) is 6.25. The second kappa shape index (κ2) is 9.70. The topological polar surface area (TPSA) is 68.0 Å². The number of thiazole rings is 1. The van der Waals surface area contributed by atoms with Crippen LogP contribution in [0.2, 0.25) is 0 Å². The zero-order chi connectivity index (χ0) is 13.0. The summed E-state index contributed by atoms with van der Waals surface area (Å²) in [6.07, 6.45) is 0.778. The first-order chi connectivity index (χ1) is 8.70. The van der Waals surface area contributed by atoms with E-state index < -0.39 is 0 Å². The van der Waals surface area contributed by atoms with E-state index >= 15 is 0 Å². The highest BCUT2D eigenvalue weighted by Gasteiger charge is 2.12. The van der Waals surface area contributed by atoms with Crippen molar-refractivity contribution in [2.24, 2.45) is 5.73 Å². The van der Waals surface area contributed by atoms with Crippen LogP contribution in [0.1, 0.15) is 16.9 Å². The van der Waals surface area contributed by atoms with Crippen LogP contribution in [0.25, 0.3) is 9.88 Å². The lowest BCUT2D eigenvalue weighted by Gasteiger charge is -2.00. The fraction of sp³-hybridized carbons (Fsp3) is 0.273. The van der Waals surface area contributed by atoms with Crippen LogP contribution < -0.4 is 11.1 Å². The number of carbonyl (C=O) groups excluding carboxylic acids is 1. The summed E-state index contributed by atoms with van der Waals surface area (Å²) in [6, 6.07) is 2.00. The highest BCUT2D eigenvalue weighted by atomic mass is 79.9. The third kappa shape index (κ3) is 5.31. The van der Waals surface area contributed by atoms with Crippen LogP contribution in [0, 0.1) is 0 Å². The van der Waals surface area contributed by atoms with Crippen LogP contribution in [0.3, 0.4) is 0 Å². The Morgan fingerprint density at radius 3 is 2.70 bits per heavy atom. The molecule has 2 heterocycles. The summed E-state index contributed by atoms with van der Waals surface area (Å²) in [7, 11) is 0. The normalized spacial score (nSPS) is 9.50. The Morgan fingerprint density at radius 1 is 1.35 bits per heavy atom. The van der Waals surface area contributed by atoms with Crippen LogP contribution in [-0.2, 0) is 0 Å². The quantitative estimate of drug-likeness (QED) is 0.729. The van der Waals surface area contributed by atoms with Crippen LogP contribution in [0.15, 0.2) is 21.3 Å². The molecule has 0 aliphatic heterocycles. The maximum Gasteiger partial charge on any atom is 0.270 e. The lowest BCUT2D eigenvalue weighted by Crippen LogP contribution is -2.26. The second-order valence-electron chi connectivity index (χ2n) is 3.57. The zero-order valence-corrected chi connectivity index (χ0v) is 15.1. The Bertz CT molecular complexity index is 547. The van der Waals surface area contributed by atoms with Crippen molar-refractivity contribution in [2.45, 2.75) is 6.42 Å². The molecule has 112 valence electrons. The molecule has 0 radical (unpaired) electrons. The van der Waals surface area contributed by atoms with E-state index in [1.807, 2.05) is 11.4 Å². The average molecular weight is 419 g/mol. The highest BCUT2D eigenvalue weighted by Crippen LogP contribution is 2.31. The molecule has 20 heavy (non-hydrogen) atoms. The largest absolute Gasteiger partial charge is 0.351 e. The van der Waals surface area contributed by atoms with E-state index in [9.17, 15) is 4.79 Å². The van der Waals surface area contributed by atoms with Gasteiger partial charge in [0, 0.05) is 21.8 Å². The van der Waals surface area contributed by atoms with Gasteiger partial charge in [-0.1, -0.05) is 0 Å². The molecule has 0 bridgehead atoms. The SMILES string of the molecule is Cl.Cl.NCCCNC(=O)c1csc(-c2cc(Br)cs2)n1. The van der Waals surface area contributed by atoms with Gasteiger partial charge in [0.2, 0.25) is 0 Å². The molecule has 0 aromatic carbocycles. The van der Waals surface area contributed by atoms with E-state index in [2.05, 4.69) is 26.2 Å². The van der Waals surface area contributed by atoms with Gasteiger partial charge in [-0.25, -0.2) is 4.98 Å². The number of halogens is 3. The molecule has 0 fully saturated rings. The smallest absolute Gasteiger partial charge is 0.270 e. The van der Waals surface area contributed by atoms with Gasteiger partial charge in [-0.2, -0.15) is 0 Å². The van der Waals surface area contributed by atoms with Crippen LogP contribution >= 0.6 is 63.4 Å². The minimum atomic E-state index is -0.137. The number of nitrogens with zero attached hydrogens (tertiary/aromatic N) is 1. The molecular formula is C11H14BrCl2N3OS2. The first-order valence-corrected chi connectivity index (χ1v) is 7.94. The fourth-order valence-electron chi connectivity index (χ4n) is 1.31. The predicted octanol–water partition coefficient (Wildman–Crippen LogP) is 3.56. The molecule has 0 spiro atoms. The number of hydrogen-bond donors (Lipinski definition) is 2. The summed E-state index contributed by atoms with van der Waals surface area (Å²) in [6.45, 7) is 1.17. The Hall–Kier alpha value is -0.180. The molecule has 2 rings (SSSR count). The van der Waals surface area contributed by atoms with Crippen LogP contribution in [0.5, 0.6) is 0 Å². The molecule has 3 N–H and O–H groups in total. The van der Waals surface area contributed by atoms with Crippen LogP contribution in [0.4, 0.5) is 0 Å². The molecule has 0 unspecified atom stereocenters. The van der Waals surface area contributed by atoms with Crippen molar-refractivity contribution in [1.29, 1.82) is 0 Å². The Balaban J connectivity index is 0.00000180. The van der Waals surface area contributed by atoms with Gasteiger partial charge in [-0.3, -0.25) is 4.79 Å². The molecule has 0 atom stereocenters. The highest BCUT2D eigenvalue weighted by molar-refractivity contribution is 9.10. The third-order valence-corrected chi connectivity index (χ3v) is 4.88. The molecule has 9 heteroatoms. The Kier molecular flexibility index (Phi) is 9.61. The molecular weight excluding hydrogens is 405 g/mol. The molecule has 2 aromatic heterocycles. The summed E-state index contributed by atoms with van der Waals surface area (Å²) in [4.78, 5) is 17.2. The maximum atomic E-state index is 11.8. The summed E-state index contributed by atoms with van der Waals surface area (Å²) >= 11 is 6.48. The predicted molar refractivity (Wildman–Crippen MR) is 93.6 cm³/mol. The number of nitrogens with one attached hydrogen (secondary N) is 1. The maximum absolute atomic E-state index is 11.8. The monoisotopic (exact) mass is 417 g/mol. The average Bonchev–Trinajstić information content (AvgIpc) is 2.97.